The summed E-state index contributed by atoms with van der Waals surface area (Å²) in [7, 11) is 0. The summed E-state index contributed by atoms with van der Waals surface area (Å²) in [4.78, 5) is 0. The Morgan fingerprint density at radius 2 is 2.10 bits per heavy atom. The maximum atomic E-state index is 5.76. The van der Waals surface area contributed by atoms with E-state index in [1.807, 2.05) is 26.0 Å². The molecule has 1 heterocycles. The Morgan fingerprint density at radius 3 is 2.30 bits per heavy atom. The van der Waals surface area contributed by atoms with Crippen LogP contribution in [-0.2, 0) is 5.54 Å². The van der Waals surface area contributed by atoms with Gasteiger partial charge in [-0.3, -0.25) is 0 Å². The third-order valence-corrected chi connectivity index (χ3v) is 1.63. The first-order chi connectivity index (χ1) is 4.50. The van der Waals surface area contributed by atoms with Crippen LogP contribution in [0.5, 0.6) is 0 Å². The molecule has 0 aliphatic carbocycles. The van der Waals surface area contributed by atoms with Crippen LogP contribution in [0.1, 0.15) is 19.6 Å². The van der Waals surface area contributed by atoms with E-state index in [1.54, 1.807) is 0 Å². The minimum Gasteiger partial charge on any atom is -0.452 e. The smallest absolute Gasteiger partial charge is 0.169 e. The van der Waals surface area contributed by atoms with E-state index in [-0.39, 0.29) is 5.54 Å². The van der Waals surface area contributed by atoms with Crippen molar-refractivity contribution < 1.29 is 4.42 Å². The first kappa shape index (κ1) is 7.82. The molecule has 2 N–H and O–H groups in total. The van der Waals surface area contributed by atoms with Crippen molar-refractivity contribution >= 4 is 15.9 Å². The van der Waals surface area contributed by atoms with Crippen molar-refractivity contribution in [3.8, 4) is 0 Å². The van der Waals surface area contributed by atoms with E-state index in [2.05, 4.69) is 15.9 Å². The van der Waals surface area contributed by atoms with Gasteiger partial charge in [0.15, 0.2) is 4.67 Å². The second-order valence-electron chi connectivity index (χ2n) is 2.83. The van der Waals surface area contributed by atoms with Gasteiger partial charge in [0, 0.05) is 0 Å². The zero-order valence-corrected chi connectivity index (χ0v) is 7.60. The van der Waals surface area contributed by atoms with Crippen LogP contribution in [0.25, 0.3) is 0 Å². The van der Waals surface area contributed by atoms with Crippen molar-refractivity contribution in [3.05, 3.63) is 22.6 Å². The molecule has 0 atom stereocenters. The zero-order chi connectivity index (χ0) is 7.78. The normalized spacial score (nSPS) is 12.0. The molecule has 0 aromatic carbocycles. The van der Waals surface area contributed by atoms with Gasteiger partial charge in [-0.25, -0.2) is 0 Å². The number of furan rings is 1. The van der Waals surface area contributed by atoms with E-state index in [0.29, 0.717) is 0 Å². The average Bonchev–Trinajstić information content (AvgIpc) is 2.11. The molecular weight excluding hydrogens is 194 g/mol. The highest BCUT2D eigenvalue weighted by atomic mass is 79.9. The number of nitrogens with two attached hydrogens (primary N) is 1. The van der Waals surface area contributed by atoms with Crippen molar-refractivity contribution in [2.24, 2.45) is 5.73 Å². The van der Waals surface area contributed by atoms with Gasteiger partial charge in [0.05, 0.1) is 5.54 Å². The molecule has 0 radical (unpaired) electrons. The van der Waals surface area contributed by atoms with E-state index in [4.69, 9.17) is 10.2 Å². The molecule has 0 unspecified atom stereocenters. The maximum Gasteiger partial charge on any atom is 0.169 e. The molecule has 0 amide bonds. The van der Waals surface area contributed by atoms with Crippen LogP contribution >= 0.6 is 15.9 Å². The zero-order valence-electron chi connectivity index (χ0n) is 6.02. The molecule has 0 aliphatic heterocycles. The molecule has 0 fully saturated rings. The highest BCUT2D eigenvalue weighted by molar-refractivity contribution is 9.10. The lowest BCUT2D eigenvalue weighted by molar-refractivity contribution is 0.384. The molecule has 56 valence electrons. The fraction of sp³-hybridized carbons (Fsp3) is 0.429. The standard InChI is InChI=1S/C7H10BrNO/c1-7(2,9)5-3-4-6(8)10-5/h3-4H,9H2,1-2H3. The summed E-state index contributed by atoms with van der Waals surface area (Å²) in [5, 5.41) is 0. The van der Waals surface area contributed by atoms with Crippen molar-refractivity contribution in [1.29, 1.82) is 0 Å². The van der Waals surface area contributed by atoms with Gasteiger partial charge in [-0.15, -0.1) is 0 Å². The molecule has 0 aliphatic rings. The predicted octanol–water partition coefficient (Wildman–Crippen LogP) is 2.24. The lowest BCUT2D eigenvalue weighted by atomic mass is 10.0. The summed E-state index contributed by atoms with van der Waals surface area (Å²) in [6.45, 7) is 3.80. The van der Waals surface area contributed by atoms with Crippen LogP contribution in [0.4, 0.5) is 0 Å². The van der Waals surface area contributed by atoms with Crippen molar-refractivity contribution in [2.45, 2.75) is 19.4 Å². The molecule has 0 spiro atoms. The van der Waals surface area contributed by atoms with Crippen molar-refractivity contribution in [3.63, 3.8) is 0 Å². The number of hydrogen-bond acceptors (Lipinski definition) is 2. The summed E-state index contributed by atoms with van der Waals surface area (Å²) in [5.41, 5.74) is 5.37. The quantitative estimate of drug-likeness (QED) is 0.761. The maximum absolute atomic E-state index is 5.76. The summed E-state index contributed by atoms with van der Waals surface area (Å²) in [5.74, 6) is 0.791. The summed E-state index contributed by atoms with van der Waals surface area (Å²) < 4.78 is 5.96. The third kappa shape index (κ3) is 1.61. The molecule has 10 heavy (non-hydrogen) atoms. The van der Waals surface area contributed by atoms with E-state index in [0.717, 1.165) is 10.4 Å². The largest absolute Gasteiger partial charge is 0.452 e. The average molecular weight is 204 g/mol. The van der Waals surface area contributed by atoms with E-state index >= 15 is 0 Å². The Morgan fingerprint density at radius 1 is 1.50 bits per heavy atom. The minimum atomic E-state index is -0.383. The lowest BCUT2D eigenvalue weighted by Crippen LogP contribution is -2.27. The Kier molecular flexibility index (Phi) is 1.88. The predicted molar refractivity (Wildman–Crippen MR) is 43.6 cm³/mol. The Hall–Kier alpha value is -0.280. The van der Waals surface area contributed by atoms with Gasteiger partial charge < -0.3 is 10.2 Å². The van der Waals surface area contributed by atoms with E-state index in [9.17, 15) is 0 Å². The Labute approximate surface area is 68.5 Å². The highest BCUT2D eigenvalue weighted by Gasteiger charge is 2.17. The van der Waals surface area contributed by atoms with Gasteiger partial charge >= 0.3 is 0 Å². The molecule has 0 bridgehead atoms. The van der Waals surface area contributed by atoms with Gasteiger partial charge in [0.1, 0.15) is 5.76 Å². The SMILES string of the molecule is CC(C)(N)c1ccc(Br)o1. The van der Waals surface area contributed by atoms with Crippen molar-refractivity contribution in [1.82, 2.24) is 0 Å². The molecule has 1 aromatic heterocycles. The third-order valence-electron chi connectivity index (χ3n) is 1.21. The molecule has 3 heteroatoms. The van der Waals surface area contributed by atoms with Gasteiger partial charge in [-0.05, 0) is 41.9 Å². The van der Waals surface area contributed by atoms with Gasteiger partial charge in [0.25, 0.3) is 0 Å². The van der Waals surface area contributed by atoms with Crippen molar-refractivity contribution in [2.75, 3.05) is 0 Å². The van der Waals surface area contributed by atoms with Crippen LogP contribution < -0.4 is 5.73 Å². The van der Waals surface area contributed by atoms with Crippen LogP contribution in [0.3, 0.4) is 0 Å². The monoisotopic (exact) mass is 203 g/mol. The first-order valence-corrected chi connectivity index (χ1v) is 3.84. The second kappa shape index (κ2) is 2.40. The van der Waals surface area contributed by atoms with Gasteiger partial charge in [-0.2, -0.15) is 0 Å². The second-order valence-corrected chi connectivity index (χ2v) is 3.61. The fourth-order valence-electron chi connectivity index (χ4n) is 0.661. The van der Waals surface area contributed by atoms with E-state index < -0.39 is 0 Å². The Bertz CT molecular complexity index is 224. The number of halogens is 1. The molecule has 0 saturated carbocycles. The number of rotatable bonds is 1. The minimum absolute atomic E-state index is 0.383. The van der Waals surface area contributed by atoms with Crippen LogP contribution in [0, 0.1) is 0 Å². The lowest BCUT2D eigenvalue weighted by Gasteiger charge is -2.13. The van der Waals surface area contributed by atoms with Gasteiger partial charge in [-0.1, -0.05) is 0 Å². The summed E-state index contributed by atoms with van der Waals surface area (Å²) in [6, 6.07) is 3.70. The van der Waals surface area contributed by atoms with Crippen LogP contribution in [-0.4, -0.2) is 0 Å². The molecule has 2 nitrogen and oxygen atoms in total. The fourth-order valence-corrected chi connectivity index (χ4v) is 0.967. The molecule has 1 rings (SSSR count). The number of hydrogen-bond donors (Lipinski definition) is 1. The first-order valence-electron chi connectivity index (χ1n) is 3.05. The molecule has 1 aromatic rings. The summed E-state index contributed by atoms with van der Waals surface area (Å²) in [6.07, 6.45) is 0. The highest BCUT2D eigenvalue weighted by Crippen LogP contribution is 2.22. The molecule has 0 saturated heterocycles. The topological polar surface area (TPSA) is 39.2 Å². The summed E-state index contributed by atoms with van der Waals surface area (Å²) >= 11 is 3.20. The van der Waals surface area contributed by atoms with Crippen LogP contribution in [0.2, 0.25) is 0 Å². The van der Waals surface area contributed by atoms with Crippen LogP contribution in [0.15, 0.2) is 21.2 Å². The van der Waals surface area contributed by atoms with Gasteiger partial charge in [0.2, 0.25) is 0 Å². The Balaban J connectivity index is 2.96. The van der Waals surface area contributed by atoms with E-state index in [1.165, 1.54) is 0 Å². The molecular formula is C7H10BrNO.